The molecule has 1 N–H and O–H groups in total. The van der Waals surface area contributed by atoms with Gasteiger partial charge in [-0.05, 0) is 43.2 Å². The molecule has 0 fully saturated rings. The summed E-state index contributed by atoms with van der Waals surface area (Å²) in [6.07, 6.45) is 1.15. The molecule has 7 heteroatoms. The molecule has 2 aliphatic heterocycles. The van der Waals surface area contributed by atoms with Crippen molar-refractivity contribution in [1.29, 1.82) is 0 Å². The standard InChI is InChI=1S/C21H19N3O2S.ClH/c1-13-9-17(24-18-11-20-19(10-16(13)18)25-12-26-20)14-3-5-15(6-4-14)23-21-22-7-2-8-27-21;/h3-6,9-11H,2,7-8,12H2,1H3,(H,22,23);1H. The van der Waals surface area contributed by atoms with Gasteiger partial charge in [-0.2, -0.15) is 0 Å². The molecular formula is C21H20ClN3O2S. The second kappa shape index (κ2) is 7.89. The molecule has 0 spiro atoms. The minimum atomic E-state index is 0. The SMILES string of the molecule is Cc1cc(-c2ccc(NC3=NCCCS3)cc2)nc2cc3c(cc12)OCO3.Cl. The molecule has 0 unspecified atom stereocenters. The molecule has 0 bridgehead atoms. The van der Waals surface area contributed by atoms with Crippen molar-refractivity contribution in [3.63, 3.8) is 0 Å². The first-order valence-electron chi connectivity index (χ1n) is 9.02. The molecule has 0 saturated carbocycles. The number of amidine groups is 1. The van der Waals surface area contributed by atoms with E-state index in [0.29, 0.717) is 0 Å². The zero-order chi connectivity index (χ0) is 18.2. The Labute approximate surface area is 174 Å². The van der Waals surface area contributed by atoms with E-state index < -0.39 is 0 Å². The maximum Gasteiger partial charge on any atom is 0.231 e. The molecule has 3 heterocycles. The van der Waals surface area contributed by atoms with Gasteiger partial charge in [-0.25, -0.2) is 4.98 Å². The van der Waals surface area contributed by atoms with Crippen molar-refractivity contribution < 1.29 is 9.47 Å². The van der Waals surface area contributed by atoms with Crippen LogP contribution in [-0.4, -0.2) is 29.2 Å². The van der Waals surface area contributed by atoms with Gasteiger partial charge in [0.05, 0.1) is 11.2 Å². The van der Waals surface area contributed by atoms with Gasteiger partial charge < -0.3 is 14.8 Å². The summed E-state index contributed by atoms with van der Waals surface area (Å²) in [5.41, 5.74) is 5.18. The minimum absolute atomic E-state index is 0. The van der Waals surface area contributed by atoms with Crippen LogP contribution in [0.4, 0.5) is 5.69 Å². The highest BCUT2D eigenvalue weighted by Gasteiger charge is 2.16. The van der Waals surface area contributed by atoms with Gasteiger partial charge in [0, 0.05) is 35.0 Å². The molecule has 5 nitrogen and oxygen atoms in total. The van der Waals surface area contributed by atoms with Crippen LogP contribution in [0.15, 0.2) is 47.5 Å². The summed E-state index contributed by atoms with van der Waals surface area (Å²) in [5.74, 6) is 2.68. The highest BCUT2D eigenvalue weighted by Crippen LogP contribution is 2.37. The first kappa shape index (κ1) is 18.9. The summed E-state index contributed by atoms with van der Waals surface area (Å²) in [6, 6.07) is 14.4. The number of hydrogen-bond acceptors (Lipinski definition) is 6. The monoisotopic (exact) mass is 413 g/mol. The second-order valence-electron chi connectivity index (χ2n) is 6.64. The largest absolute Gasteiger partial charge is 0.454 e. The van der Waals surface area contributed by atoms with E-state index in [1.54, 1.807) is 11.8 Å². The second-order valence-corrected chi connectivity index (χ2v) is 7.72. The third kappa shape index (κ3) is 3.62. The Morgan fingerprint density at radius 2 is 1.82 bits per heavy atom. The van der Waals surface area contributed by atoms with E-state index in [0.717, 1.165) is 63.2 Å². The number of nitrogens with zero attached hydrogens (tertiary/aromatic N) is 2. The van der Waals surface area contributed by atoms with Gasteiger partial charge in [0.1, 0.15) is 0 Å². The van der Waals surface area contributed by atoms with E-state index in [4.69, 9.17) is 14.5 Å². The Morgan fingerprint density at radius 1 is 1.04 bits per heavy atom. The van der Waals surface area contributed by atoms with Crippen LogP contribution in [0.5, 0.6) is 11.5 Å². The predicted molar refractivity (Wildman–Crippen MR) is 118 cm³/mol. The molecule has 0 saturated heterocycles. The lowest BCUT2D eigenvalue weighted by molar-refractivity contribution is 0.174. The topological polar surface area (TPSA) is 55.7 Å². The molecule has 3 aromatic rings. The van der Waals surface area contributed by atoms with Crippen molar-refractivity contribution >= 4 is 45.9 Å². The lowest BCUT2D eigenvalue weighted by Crippen LogP contribution is -2.13. The van der Waals surface area contributed by atoms with Crippen LogP contribution in [0, 0.1) is 6.92 Å². The fourth-order valence-corrected chi connectivity index (χ4v) is 4.15. The third-order valence-corrected chi connectivity index (χ3v) is 5.74. The van der Waals surface area contributed by atoms with Crippen molar-refractivity contribution in [2.45, 2.75) is 13.3 Å². The van der Waals surface area contributed by atoms with Gasteiger partial charge >= 0.3 is 0 Å². The third-order valence-electron chi connectivity index (χ3n) is 4.74. The van der Waals surface area contributed by atoms with Crippen LogP contribution in [0.3, 0.4) is 0 Å². The summed E-state index contributed by atoms with van der Waals surface area (Å²) < 4.78 is 11.0. The van der Waals surface area contributed by atoms with E-state index in [2.05, 4.69) is 47.6 Å². The fourth-order valence-electron chi connectivity index (χ4n) is 3.32. The number of hydrogen-bond donors (Lipinski definition) is 1. The summed E-state index contributed by atoms with van der Waals surface area (Å²) >= 11 is 1.78. The van der Waals surface area contributed by atoms with Crippen LogP contribution in [0.2, 0.25) is 0 Å². The molecule has 28 heavy (non-hydrogen) atoms. The first-order chi connectivity index (χ1) is 13.3. The van der Waals surface area contributed by atoms with Crippen molar-refractivity contribution in [2.24, 2.45) is 4.99 Å². The Morgan fingerprint density at radius 3 is 2.57 bits per heavy atom. The van der Waals surface area contributed by atoms with Crippen molar-refractivity contribution in [3.8, 4) is 22.8 Å². The van der Waals surface area contributed by atoms with E-state index in [-0.39, 0.29) is 19.2 Å². The molecular weight excluding hydrogens is 394 g/mol. The first-order valence-corrected chi connectivity index (χ1v) is 10.0. The maximum atomic E-state index is 5.50. The molecule has 0 radical (unpaired) electrons. The number of halogens is 1. The van der Waals surface area contributed by atoms with Gasteiger partial charge in [0.15, 0.2) is 16.7 Å². The number of anilines is 1. The van der Waals surface area contributed by atoms with Crippen LogP contribution in [-0.2, 0) is 0 Å². The lowest BCUT2D eigenvalue weighted by Gasteiger charge is -2.13. The van der Waals surface area contributed by atoms with E-state index >= 15 is 0 Å². The van der Waals surface area contributed by atoms with Crippen LogP contribution in [0.1, 0.15) is 12.0 Å². The zero-order valence-electron chi connectivity index (χ0n) is 15.4. The average Bonchev–Trinajstić information content (AvgIpc) is 3.15. The zero-order valence-corrected chi connectivity index (χ0v) is 17.0. The molecule has 0 aliphatic carbocycles. The van der Waals surface area contributed by atoms with Crippen LogP contribution in [0.25, 0.3) is 22.2 Å². The lowest BCUT2D eigenvalue weighted by atomic mass is 10.0. The molecule has 144 valence electrons. The number of nitrogens with one attached hydrogen (secondary N) is 1. The highest BCUT2D eigenvalue weighted by atomic mass is 35.5. The number of benzene rings is 2. The number of ether oxygens (including phenoxy) is 2. The minimum Gasteiger partial charge on any atom is -0.454 e. The number of fused-ring (bicyclic) bond motifs is 2. The molecule has 2 aliphatic rings. The van der Waals surface area contributed by atoms with Crippen LogP contribution >= 0.6 is 24.2 Å². The average molecular weight is 414 g/mol. The van der Waals surface area contributed by atoms with Gasteiger partial charge in [0.2, 0.25) is 6.79 Å². The Kier molecular flexibility index (Phi) is 5.33. The number of thioether (sulfide) groups is 1. The van der Waals surface area contributed by atoms with E-state index in [1.807, 2.05) is 12.1 Å². The number of aromatic nitrogens is 1. The van der Waals surface area contributed by atoms with Crippen LogP contribution < -0.4 is 14.8 Å². The normalized spacial score (nSPS) is 15.1. The number of aliphatic imine (C=N–C) groups is 1. The Bertz CT molecular complexity index is 1050. The van der Waals surface area contributed by atoms with Gasteiger partial charge in [-0.1, -0.05) is 23.9 Å². The Balaban J connectivity index is 0.00000192. The highest BCUT2D eigenvalue weighted by molar-refractivity contribution is 8.14. The number of rotatable bonds is 2. The Hall–Kier alpha value is -2.44. The molecule has 0 atom stereocenters. The van der Waals surface area contributed by atoms with Crippen molar-refractivity contribution in [2.75, 3.05) is 24.4 Å². The molecule has 2 aromatic carbocycles. The predicted octanol–water partition coefficient (Wildman–Crippen LogP) is 5.27. The van der Waals surface area contributed by atoms with Gasteiger partial charge in [-0.15, -0.1) is 12.4 Å². The smallest absolute Gasteiger partial charge is 0.231 e. The van der Waals surface area contributed by atoms with Gasteiger partial charge in [0.25, 0.3) is 0 Å². The summed E-state index contributed by atoms with van der Waals surface area (Å²) in [7, 11) is 0. The fraction of sp³-hybridized carbons (Fsp3) is 0.238. The summed E-state index contributed by atoms with van der Waals surface area (Å²) in [4.78, 5) is 9.36. The summed E-state index contributed by atoms with van der Waals surface area (Å²) in [5, 5.41) is 5.49. The molecule has 5 rings (SSSR count). The molecule has 0 amide bonds. The quantitative estimate of drug-likeness (QED) is 0.620. The number of pyridine rings is 1. The number of aryl methyl sites for hydroxylation is 1. The summed E-state index contributed by atoms with van der Waals surface area (Å²) in [6.45, 7) is 3.28. The van der Waals surface area contributed by atoms with Crippen molar-refractivity contribution in [3.05, 3.63) is 48.0 Å². The van der Waals surface area contributed by atoms with Gasteiger partial charge in [-0.3, -0.25) is 4.99 Å². The van der Waals surface area contributed by atoms with Crippen molar-refractivity contribution in [1.82, 2.24) is 4.98 Å². The van der Waals surface area contributed by atoms with E-state index in [9.17, 15) is 0 Å². The van der Waals surface area contributed by atoms with E-state index in [1.165, 1.54) is 5.56 Å². The maximum absolute atomic E-state index is 5.50. The molecule has 1 aromatic heterocycles.